The van der Waals surface area contributed by atoms with Gasteiger partial charge in [0.15, 0.2) is 6.29 Å². The first-order chi connectivity index (χ1) is 5.42. The number of ether oxygens (including phenoxy) is 3. The Morgan fingerprint density at radius 2 is 2.36 bits per heavy atom. The summed E-state index contributed by atoms with van der Waals surface area (Å²) < 4.78 is 15.9. The molecular formula is C7H13NO3. The zero-order chi connectivity index (χ0) is 7.68. The second kappa shape index (κ2) is 3.06. The predicted molar refractivity (Wildman–Crippen MR) is 38.3 cm³/mol. The third-order valence-corrected chi connectivity index (χ3v) is 2.19. The highest BCUT2D eigenvalue weighted by Gasteiger charge is 2.39. The van der Waals surface area contributed by atoms with E-state index in [0.717, 1.165) is 13.2 Å². The normalized spacial score (nSPS) is 43.9. The Morgan fingerprint density at radius 3 is 3.18 bits per heavy atom. The van der Waals surface area contributed by atoms with Crippen molar-refractivity contribution < 1.29 is 14.2 Å². The van der Waals surface area contributed by atoms with E-state index in [0.29, 0.717) is 6.61 Å². The molecule has 0 aromatic carbocycles. The second-order valence-corrected chi connectivity index (χ2v) is 2.83. The van der Waals surface area contributed by atoms with Gasteiger partial charge >= 0.3 is 0 Å². The molecule has 0 aromatic heterocycles. The number of hydrogen-bond donors (Lipinski definition) is 1. The summed E-state index contributed by atoms with van der Waals surface area (Å²) in [5.41, 5.74) is 0. The van der Waals surface area contributed by atoms with Crippen LogP contribution in [0.1, 0.15) is 0 Å². The minimum atomic E-state index is -0.0892. The van der Waals surface area contributed by atoms with Gasteiger partial charge in [0.2, 0.25) is 0 Å². The van der Waals surface area contributed by atoms with Crippen molar-refractivity contribution >= 4 is 0 Å². The highest BCUT2D eigenvalue weighted by Crippen LogP contribution is 2.19. The molecule has 2 rings (SSSR count). The summed E-state index contributed by atoms with van der Waals surface area (Å²) in [6.07, 6.45) is 0.0639. The summed E-state index contributed by atoms with van der Waals surface area (Å²) >= 11 is 0. The minimum Gasteiger partial charge on any atom is -0.377 e. The molecule has 64 valence electrons. The zero-order valence-corrected chi connectivity index (χ0v) is 6.58. The maximum absolute atomic E-state index is 5.37. The molecule has 0 amide bonds. The summed E-state index contributed by atoms with van der Waals surface area (Å²) in [7, 11) is 1.70. The van der Waals surface area contributed by atoms with Crippen LogP contribution in [0.3, 0.4) is 0 Å². The first kappa shape index (κ1) is 7.49. The van der Waals surface area contributed by atoms with E-state index in [-0.39, 0.29) is 18.4 Å². The first-order valence-corrected chi connectivity index (χ1v) is 3.91. The molecule has 2 saturated heterocycles. The van der Waals surface area contributed by atoms with Crippen LogP contribution < -0.4 is 5.32 Å². The van der Waals surface area contributed by atoms with Gasteiger partial charge in [-0.05, 0) is 0 Å². The van der Waals surface area contributed by atoms with Gasteiger partial charge in [0.25, 0.3) is 0 Å². The van der Waals surface area contributed by atoms with Gasteiger partial charge in [-0.3, -0.25) is 0 Å². The van der Waals surface area contributed by atoms with Crippen LogP contribution in [0.2, 0.25) is 0 Å². The molecule has 0 radical (unpaired) electrons. The fraction of sp³-hybridized carbons (Fsp3) is 1.00. The fourth-order valence-electron chi connectivity index (χ4n) is 1.57. The van der Waals surface area contributed by atoms with Gasteiger partial charge in [-0.2, -0.15) is 0 Å². The van der Waals surface area contributed by atoms with Crippen LogP contribution in [0.25, 0.3) is 0 Å². The smallest absolute Gasteiger partial charge is 0.175 e. The van der Waals surface area contributed by atoms with Crippen molar-refractivity contribution in [1.29, 1.82) is 0 Å². The van der Waals surface area contributed by atoms with Crippen LogP contribution in [-0.2, 0) is 14.2 Å². The van der Waals surface area contributed by atoms with Crippen molar-refractivity contribution in [1.82, 2.24) is 5.32 Å². The van der Waals surface area contributed by atoms with Gasteiger partial charge in [-0.25, -0.2) is 0 Å². The Labute approximate surface area is 65.8 Å². The van der Waals surface area contributed by atoms with Gasteiger partial charge in [0, 0.05) is 13.7 Å². The van der Waals surface area contributed by atoms with Crippen molar-refractivity contribution in [2.75, 3.05) is 26.9 Å². The molecule has 3 atom stereocenters. The standard InChI is InChI=1S/C7H13NO3/c1-9-5-4-11-7-6(5)8-2-3-10-7/h5-8H,2-4H2,1H3/t5-,6-,7+/m1/s1. The third-order valence-electron chi connectivity index (χ3n) is 2.19. The van der Waals surface area contributed by atoms with E-state index in [9.17, 15) is 0 Å². The number of rotatable bonds is 1. The van der Waals surface area contributed by atoms with Crippen LogP contribution in [-0.4, -0.2) is 45.3 Å². The molecule has 0 unspecified atom stereocenters. The summed E-state index contributed by atoms with van der Waals surface area (Å²) in [6.45, 7) is 2.26. The highest BCUT2D eigenvalue weighted by molar-refractivity contribution is 4.88. The van der Waals surface area contributed by atoms with E-state index in [1.165, 1.54) is 0 Å². The first-order valence-electron chi connectivity index (χ1n) is 3.91. The number of methoxy groups -OCH3 is 1. The number of morpholine rings is 1. The van der Waals surface area contributed by atoms with Gasteiger partial charge < -0.3 is 19.5 Å². The average molecular weight is 159 g/mol. The van der Waals surface area contributed by atoms with Crippen molar-refractivity contribution in [2.45, 2.75) is 18.4 Å². The van der Waals surface area contributed by atoms with Crippen LogP contribution in [0.4, 0.5) is 0 Å². The Morgan fingerprint density at radius 1 is 1.45 bits per heavy atom. The molecule has 2 aliphatic rings. The molecule has 0 saturated carbocycles. The Hall–Kier alpha value is -0.160. The molecule has 0 spiro atoms. The van der Waals surface area contributed by atoms with E-state index in [2.05, 4.69) is 5.32 Å². The van der Waals surface area contributed by atoms with Gasteiger partial charge in [-0.15, -0.1) is 0 Å². The van der Waals surface area contributed by atoms with Crippen molar-refractivity contribution in [2.24, 2.45) is 0 Å². The topological polar surface area (TPSA) is 39.7 Å². The molecule has 0 aromatic rings. The zero-order valence-electron chi connectivity index (χ0n) is 6.58. The molecule has 4 heteroatoms. The third kappa shape index (κ3) is 1.27. The maximum Gasteiger partial charge on any atom is 0.175 e. The molecule has 1 N–H and O–H groups in total. The van der Waals surface area contributed by atoms with E-state index in [4.69, 9.17) is 14.2 Å². The monoisotopic (exact) mass is 159 g/mol. The van der Waals surface area contributed by atoms with Gasteiger partial charge in [0.05, 0.1) is 19.3 Å². The SMILES string of the molecule is CO[C@@H]1CO[C@@H]2OCCN[C@@H]21. The van der Waals surface area contributed by atoms with E-state index < -0.39 is 0 Å². The van der Waals surface area contributed by atoms with Gasteiger partial charge in [-0.1, -0.05) is 0 Å². The van der Waals surface area contributed by atoms with Crippen molar-refractivity contribution in [3.63, 3.8) is 0 Å². The van der Waals surface area contributed by atoms with Crippen molar-refractivity contribution in [3.05, 3.63) is 0 Å². The number of nitrogens with one attached hydrogen (secondary N) is 1. The molecule has 4 nitrogen and oxygen atoms in total. The summed E-state index contributed by atoms with van der Waals surface area (Å²) in [6, 6.07) is 0.230. The van der Waals surface area contributed by atoms with Crippen molar-refractivity contribution in [3.8, 4) is 0 Å². The second-order valence-electron chi connectivity index (χ2n) is 2.83. The highest BCUT2D eigenvalue weighted by atomic mass is 16.7. The summed E-state index contributed by atoms with van der Waals surface area (Å²) in [5.74, 6) is 0. The number of fused-ring (bicyclic) bond motifs is 1. The summed E-state index contributed by atoms with van der Waals surface area (Å²) in [4.78, 5) is 0. The lowest BCUT2D eigenvalue weighted by Gasteiger charge is -2.27. The molecule has 11 heavy (non-hydrogen) atoms. The van der Waals surface area contributed by atoms with Crippen LogP contribution in [0.5, 0.6) is 0 Å². The predicted octanol–water partition coefficient (Wildman–Crippen LogP) is -0.654. The van der Waals surface area contributed by atoms with E-state index >= 15 is 0 Å². The lowest BCUT2D eigenvalue weighted by atomic mass is 10.2. The Kier molecular flexibility index (Phi) is 2.09. The molecule has 2 aliphatic heterocycles. The largest absolute Gasteiger partial charge is 0.377 e. The molecule has 0 aliphatic carbocycles. The molecule has 2 fully saturated rings. The van der Waals surface area contributed by atoms with Gasteiger partial charge in [0.1, 0.15) is 6.10 Å². The van der Waals surface area contributed by atoms with Crippen LogP contribution in [0, 0.1) is 0 Å². The number of hydrogen-bond acceptors (Lipinski definition) is 4. The van der Waals surface area contributed by atoms with Crippen LogP contribution in [0.15, 0.2) is 0 Å². The Bertz CT molecular complexity index is 136. The lowest BCUT2D eigenvalue weighted by Crippen LogP contribution is -2.50. The lowest BCUT2D eigenvalue weighted by molar-refractivity contribution is -0.137. The average Bonchev–Trinajstić information content (AvgIpc) is 2.47. The molecule has 0 bridgehead atoms. The Balaban J connectivity index is 1.98. The fourth-order valence-corrected chi connectivity index (χ4v) is 1.57. The van der Waals surface area contributed by atoms with Crippen LogP contribution >= 0.6 is 0 Å². The maximum atomic E-state index is 5.37. The quantitative estimate of drug-likeness (QED) is 0.551. The van der Waals surface area contributed by atoms with E-state index in [1.807, 2.05) is 0 Å². The summed E-state index contributed by atoms with van der Waals surface area (Å²) in [5, 5.41) is 3.31. The molecular weight excluding hydrogens is 146 g/mol. The molecule has 2 heterocycles. The minimum absolute atomic E-state index is 0.0892. The van der Waals surface area contributed by atoms with E-state index in [1.54, 1.807) is 7.11 Å².